The molecular weight excluding hydrogens is 247 g/mol. The van der Waals surface area contributed by atoms with Crippen molar-refractivity contribution in [2.24, 2.45) is 5.73 Å². The van der Waals surface area contributed by atoms with Crippen LogP contribution in [0.4, 0.5) is 13.2 Å². The molecule has 1 saturated heterocycles. The monoisotopic (exact) mass is 261 g/mol. The maximum atomic E-state index is 11.7. The first-order valence-electron chi connectivity index (χ1n) is 4.76. The van der Waals surface area contributed by atoms with Gasteiger partial charge in [-0.2, -0.15) is 13.2 Å². The standard InChI is InChI=1S/C8H14F3NO3S/c9-8(10,11)5-15-3-1-7(12)2-4-16(13,14)6-7/h1-6,12H2. The summed E-state index contributed by atoms with van der Waals surface area (Å²) in [6, 6.07) is 0. The van der Waals surface area contributed by atoms with Crippen molar-refractivity contribution in [3.05, 3.63) is 0 Å². The van der Waals surface area contributed by atoms with E-state index in [0.717, 1.165) is 0 Å². The summed E-state index contributed by atoms with van der Waals surface area (Å²) in [7, 11) is -3.12. The minimum atomic E-state index is -4.36. The Morgan fingerprint density at radius 3 is 2.44 bits per heavy atom. The van der Waals surface area contributed by atoms with Gasteiger partial charge in [-0.3, -0.25) is 0 Å². The van der Waals surface area contributed by atoms with Crippen molar-refractivity contribution < 1.29 is 26.3 Å². The number of sulfone groups is 1. The van der Waals surface area contributed by atoms with Gasteiger partial charge < -0.3 is 10.5 Å². The van der Waals surface area contributed by atoms with E-state index in [-0.39, 0.29) is 31.0 Å². The first-order chi connectivity index (χ1) is 7.12. The van der Waals surface area contributed by atoms with Crippen molar-refractivity contribution in [2.45, 2.75) is 24.6 Å². The lowest BCUT2D eigenvalue weighted by molar-refractivity contribution is -0.174. The predicted molar refractivity (Wildman–Crippen MR) is 51.7 cm³/mol. The largest absolute Gasteiger partial charge is 0.411 e. The molecule has 0 aromatic carbocycles. The molecule has 1 heterocycles. The SMILES string of the molecule is NC1(CCOCC(F)(F)F)CCS(=O)(=O)C1. The Hall–Kier alpha value is -0.340. The lowest BCUT2D eigenvalue weighted by atomic mass is 9.97. The molecule has 16 heavy (non-hydrogen) atoms. The Kier molecular flexibility index (Phi) is 3.86. The van der Waals surface area contributed by atoms with Gasteiger partial charge in [-0.05, 0) is 12.8 Å². The van der Waals surface area contributed by atoms with Crippen LogP contribution in [0.25, 0.3) is 0 Å². The van der Waals surface area contributed by atoms with Crippen LogP contribution >= 0.6 is 0 Å². The highest BCUT2D eigenvalue weighted by molar-refractivity contribution is 7.91. The molecule has 8 heteroatoms. The molecule has 0 radical (unpaired) electrons. The molecule has 0 saturated carbocycles. The lowest BCUT2D eigenvalue weighted by Gasteiger charge is -2.21. The van der Waals surface area contributed by atoms with E-state index in [1.165, 1.54) is 0 Å². The number of ether oxygens (including phenoxy) is 1. The molecule has 0 bridgehead atoms. The van der Waals surface area contributed by atoms with E-state index in [1.807, 2.05) is 0 Å². The molecule has 0 aromatic rings. The first-order valence-corrected chi connectivity index (χ1v) is 6.58. The molecule has 1 aliphatic heterocycles. The molecule has 1 fully saturated rings. The van der Waals surface area contributed by atoms with Crippen molar-refractivity contribution in [3.8, 4) is 0 Å². The topological polar surface area (TPSA) is 69.4 Å². The number of hydrogen-bond acceptors (Lipinski definition) is 4. The van der Waals surface area contributed by atoms with Gasteiger partial charge in [0, 0.05) is 12.1 Å². The third-order valence-electron chi connectivity index (χ3n) is 2.43. The molecule has 1 unspecified atom stereocenters. The number of nitrogens with two attached hydrogens (primary N) is 1. The van der Waals surface area contributed by atoms with Crippen molar-refractivity contribution in [1.29, 1.82) is 0 Å². The van der Waals surface area contributed by atoms with Crippen LogP contribution in [0, 0.1) is 0 Å². The summed E-state index contributed by atoms with van der Waals surface area (Å²) in [4.78, 5) is 0. The van der Waals surface area contributed by atoms with E-state index in [2.05, 4.69) is 4.74 Å². The van der Waals surface area contributed by atoms with Crippen LogP contribution in [0.1, 0.15) is 12.8 Å². The Labute approximate surface area is 91.9 Å². The zero-order valence-electron chi connectivity index (χ0n) is 8.59. The third-order valence-corrected chi connectivity index (χ3v) is 4.27. The average Bonchev–Trinajstić information content (AvgIpc) is 2.34. The zero-order valence-corrected chi connectivity index (χ0v) is 9.40. The number of halogens is 3. The van der Waals surface area contributed by atoms with Crippen LogP contribution in [0.2, 0.25) is 0 Å². The maximum absolute atomic E-state index is 11.7. The normalized spacial score (nSPS) is 29.5. The molecule has 4 nitrogen and oxygen atoms in total. The van der Waals surface area contributed by atoms with Crippen molar-refractivity contribution >= 4 is 9.84 Å². The number of rotatable bonds is 4. The van der Waals surface area contributed by atoms with E-state index in [4.69, 9.17) is 5.73 Å². The molecule has 0 aliphatic carbocycles. The number of alkyl halides is 3. The average molecular weight is 261 g/mol. The van der Waals surface area contributed by atoms with Gasteiger partial charge in [0.15, 0.2) is 9.84 Å². The lowest BCUT2D eigenvalue weighted by Crippen LogP contribution is -2.42. The van der Waals surface area contributed by atoms with Gasteiger partial charge in [0.25, 0.3) is 0 Å². The minimum absolute atomic E-state index is 0.00275. The second-order valence-electron chi connectivity index (χ2n) is 4.12. The summed E-state index contributed by atoms with van der Waals surface area (Å²) in [6.07, 6.45) is -3.95. The van der Waals surface area contributed by atoms with Gasteiger partial charge in [-0.1, -0.05) is 0 Å². The second-order valence-corrected chi connectivity index (χ2v) is 6.31. The molecule has 96 valence electrons. The minimum Gasteiger partial charge on any atom is -0.372 e. The van der Waals surface area contributed by atoms with Crippen LogP contribution in [-0.4, -0.2) is 44.9 Å². The highest BCUT2D eigenvalue weighted by Gasteiger charge is 2.38. The molecule has 0 aromatic heterocycles. The van der Waals surface area contributed by atoms with E-state index in [9.17, 15) is 21.6 Å². The summed E-state index contributed by atoms with van der Waals surface area (Å²) >= 11 is 0. The molecule has 1 aliphatic rings. The molecule has 0 spiro atoms. The molecule has 1 rings (SSSR count). The Balaban J connectivity index is 2.29. The van der Waals surface area contributed by atoms with Gasteiger partial charge >= 0.3 is 6.18 Å². The molecule has 1 atom stereocenters. The van der Waals surface area contributed by atoms with Crippen LogP contribution in [0.15, 0.2) is 0 Å². The fourth-order valence-electron chi connectivity index (χ4n) is 1.60. The summed E-state index contributed by atoms with van der Waals surface area (Å²) in [5.41, 5.74) is 4.82. The molecular formula is C8H14F3NO3S. The van der Waals surface area contributed by atoms with Crippen molar-refractivity contribution in [2.75, 3.05) is 24.7 Å². The Bertz CT molecular complexity index is 341. The van der Waals surface area contributed by atoms with Gasteiger partial charge in [0.05, 0.1) is 11.5 Å². The highest BCUT2D eigenvalue weighted by atomic mass is 32.2. The fourth-order valence-corrected chi connectivity index (χ4v) is 3.63. The van der Waals surface area contributed by atoms with E-state index >= 15 is 0 Å². The second kappa shape index (κ2) is 4.50. The van der Waals surface area contributed by atoms with Gasteiger partial charge in [0.2, 0.25) is 0 Å². The Morgan fingerprint density at radius 1 is 1.38 bits per heavy atom. The van der Waals surface area contributed by atoms with E-state index in [1.54, 1.807) is 0 Å². The van der Waals surface area contributed by atoms with Gasteiger partial charge in [-0.25, -0.2) is 8.42 Å². The van der Waals surface area contributed by atoms with Crippen molar-refractivity contribution in [1.82, 2.24) is 0 Å². The smallest absolute Gasteiger partial charge is 0.372 e. The van der Waals surface area contributed by atoms with E-state index < -0.39 is 28.2 Å². The quantitative estimate of drug-likeness (QED) is 0.747. The van der Waals surface area contributed by atoms with Crippen LogP contribution in [0.5, 0.6) is 0 Å². The Morgan fingerprint density at radius 2 is 2.00 bits per heavy atom. The first kappa shape index (κ1) is 13.7. The van der Waals surface area contributed by atoms with Crippen molar-refractivity contribution in [3.63, 3.8) is 0 Å². The summed E-state index contributed by atoms with van der Waals surface area (Å²) in [5.74, 6) is -0.169. The summed E-state index contributed by atoms with van der Waals surface area (Å²) < 4.78 is 61.8. The highest BCUT2D eigenvalue weighted by Crippen LogP contribution is 2.24. The maximum Gasteiger partial charge on any atom is 0.411 e. The third kappa shape index (κ3) is 4.67. The van der Waals surface area contributed by atoms with Crippen LogP contribution in [-0.2, 0) is 14.6 Å². The van der Waals surface area contributed by atoms with Crippen LogP contribution < -0.4 is 5.73 Å². The molecule has 2 N–H and O–H groups in total. The number of hydrogen-bond donors (Lipinski definition) is 1. The summed E-state index contributed by atoms with van der Waals surface area (Å²) in [6.45, 7) is -1.50. The summed E-state index contributed by atoms with van der Waals surface area (Å²) in [5, 5.41) is 0. The predicted octanol–water partition coefficient (Wildman–Crippen LogP) is 0.471. The fraction of sp³-hybridized carbons (Fsp3) is 1.00. The van der Waals surface area contributed by atoms with Gasteiger partial charge in [-0.15, -0.1) is 0 Å². The zero-order chi connectivity index (χ0) is 12.4. The molecule has 0 amide bonds. The van der Waals surface area contributed by atoms with Gasteiger partial charge in [0.1, 0.15) is 6.61 Å². The van der Waals surface area contributed by atoms with Crippen LogP contribution in [0.3, 0.4) is 0 Å². The van der Waals surface area contributed by atoms with E-state index in [0.29, 0.717) is 0 Å².